The van der Waals surface area contributed by atoms with Crippen molar-refractivity contribution >= 4 is 11.4 Å². The summed E-state index contributed by atoms with van der Waals surface area (Å²) < 4.78 is 0. The number of anilines is 1. The lowest BCUT2D eigenvalue weighted by Crippen LogP contribution is -2.26. The lowest BCUT2D eigenvalue weighted by Gasteiger charge is -2.19. The van der Waals surface area contributed by atoms with E-state index in [1.807, 2.05) is 19.9 Å². The minimum absolute atomic E-state index is 0.104. The highest BCUT2D eigenvalue weighted by Gasteiger charge is 2.14. The fraction of sp³-hybridized carbons (Fsp3) is 0.571. The summed E-state index contributed by atoms with van der Waals surface area (Å²) in [6, 6.07) is 5.14. The average Bonchev–Trinajstić information content (AvgIpc) is 2.44. The summed E-state index contributed by atoms with van der Waals surface area (Å²) in [5.41, 5.74) is 1.67. The third-order valence-electron chi connectivity index (χ3n) is 3.09. The van der Waals surface area contributed by atoms with Gasteiger partial charge < -0.3 is 10.4 Å². The van der Waals surface area contributed by atoms with Crippen LogP contribution < -0.4 is 5.32 Å². The lowest BCUT2D eigenvalue weighted by molar-refractivity contribution is -0.384. The standard InChI is InChI=1S/C14H23N3O3/c1-3-7-15-13-10-12(5-6-14(13)17(19)20)11-16(4-2)8-9-18/h5-6,10,15,18H,3-4,7-9,11H2,1-2H3. The van der Waals surface area contributed by atoms with Crippen molar-refractivity contribution in [3.8, 4) is 0 Å². The van der Waals surface area contributed by atoms with Crippen LogP contribution in [0, 0.1) is 10.1 Å². The molecule has 0 radical (unpaired) electrons. The van der Waals surface area contributed by atoms with E-state index in [4.69, 9.17) is 5.11 Å². The number of rotatable bonds is 9. The van der Waals surface area contributed by atoms with Crippen LogP contribution in [0.25, 0.3) is 0 Å². The zero-order valence-electron chi connectivity index (χ0n) is 12.1. The van der Waals surface area contributed by atoms with Crippen LogP contribution >= 0.6 is 0 Å². The second-order valence-electron chi connectivity index (χ2n) is 4.63. The first-order chi connectivity index (χ1) is 9.62. The molecule has 20 heavy (non-hydrogen) atoms. The molecule has 0 atom stereocenters. The molecule has 0 unspecified atom stereocenters. The molecular weight excluding hydrogens is 258 g/mol. The van der Waals surface area contributed by atoms with Crippen molar-refractivity contribution in [2.45, 2.75) is 26.8 Å². The highest BCUT2D eigenvalue weighted by atomic mass is 16.6. The molecule has 112 valence electrons. The maximum atomic E-state index is 11.0. The maximum Gasteiger partial charge on any atom is 0.292 e. The molecule has 1 aromatic rings. The van der Waals surface area contributed by atoms with E-state index in [1.165, 1.54) is 0 Å². The summed E-state index contributed by atoms with van der Waals surface area (Å²) in [5, 5.41) is 23.1. The predicted molar refractivity (Wildman–Crippen MR) is 79.9 cm³/mol. The Balaban J connectivity index is 2.90. The molecular formula is C14H23N3O3. The molecule has 6 nitrogen and oxygen atoms in total. The molecule has 0 amide bonds. The van der Waals surface area contributed by atoms with Crippen molar-refractivity contribution in [2.24, 2.45) is 0 Å². The number of benzene rings is 1. The van der Waals surface area contributed by atoms with Crippen LogP contribution in [0.15, 0.2) is 18.2 Å². The Morgan fingerprint density at radius 3 is 2.70 bits per heavy atom. The molecule has 2 N–H and O–H groups in total. The van der Waals surface area contributed by atoms with Crippen LogP contribution in [0.1, 0.15) is 25.8 Å². The van der Waals surface area contributed by atoms with Gasteiger partial charge in [0.15, 0.2) is 0 Å². The number of nitrogens with one attached hydrogen (secondary N) is 1. The number of hydrogen-bond donors (Lipinski definition) is 2. The van der Waals surface area contributed by atoms with Gasteiger partial charge in [-0.25, -0.2) is 0 Å². The summed E-state index contributed by atoms with van der Waals surface area (Å²) in [6.45, 7) is 6.97. The van der Waals surface area contributed by atoms with Crippen LogP contribution in [0.4, 0.5) is 11.4 Å². The monoisotopic (exact) mass is 281 g/mol. The minimum Gasteiger partial charge on any atom is -0.395 e. The van der Waals surface area contributed by atoms with Crippen molar-refractivity contribution in [3.63, 3.8) is 0 Å². The van der Waals surface area contributed by atoms with E-state index in [0.29, 0.717) is 25.3 Å². The van der Waals surface area contributed by atoms with Crippen molar-refractivity contribution in [3.05, 3.63) is 33.9 Å². The van der Waals surface area contributed by atoms with E-state index in [9.17, 15) is 10.1 Å². The average molecular weight is 281 g/mol. The van der Waals surface area contributed by atoms with Gasteiger partial charge in [-0.15, -0.1) is 0 Å². The topological polar surface area (TPSA) is 78.6 Å². The molecule has 0 spiro atoms. The van der Waals surface area contributed by atoms with Gasteiger partial charge in [0.1, 0.15) is 5.69 Å². The maximum absolute atomic E-state index is 11.0. The zero-order chi connectivity index (χ0) is 15.0. The van der Waals surface area contributed by atoms with E-state index in [2.05, 4.69) is 10.2 Å². The Labute approximate surface area is 119 Å². The molecule has 0 heterocycles. The van der Waals surface area contributed by atoms with Crippen molar-refractivity contribution in [1.29, 1.82) is 0 Å². The molecule has 0 aliphatic carbocycles. The van der Waals surface area contributed by atoms with Gasteiger partial charge in [-0.2, -0.15) is 0 Å². The van der Waals surface area contributed by atoms with E-state index in [1.54, 1.807) is 12.1 Å². The fourth-order valence-electron chi connectivity index (χ4n) is 1.99. The number of nitro benzene ring substituents is 1. The van der Waals surface area contributed by atoms with Crippen molar-refractivity contribution in [1.82, 2.24) is 4.90 Å². The van der Waals surface area contributed by atoms with Gasteiger partial charge in [0.25, 0.3) is 5.69 Å². The first-order valence-electron chi connectivity index (χ1n) is 6.96. The van der Waals surface area contributed by atoms with Crippen LogP contribution in [0.3, 0.4) is 0 Å². The largest absolute Gasteiger partial charge is 0.395 e. The van der Waals surface area contributed by atoms with Crippen LogP contribution in [0.5, 0.6) is 0 Å². The fourth-order valence-corrected chi connectivity index (χ4v) is 1.99. The molecule has 1 rings (SSSR count). The third-order valence-corrected chi connectivity index (χ3v) is 3.09. The third kappa shape index (κ3) is 4.79. The number of nitrogens with zero attached hydrogens (tertiary/aromatic N) is 2. The second-order valence-corrected chi connectivity index (χ2v) is 4.63. The summed E-state index contributed by atoms with van der Waals surface area (Å²) in [5.74, 6) is 0. The normalized spacial score (nSPS) is 10.8. The SMILES string of the molecule is CCCNc1cc(CN(CC)CCO)ccc1[N+](=O)[O-]. The van der Waals surface area contributed by atoms with E-state index in [-0.39, 0.29) is 17.2 Å². The Kier molecular flexibility index (Phi) is 6.97. The van der Waals surface area contributed by atoms with Gasteiger partial charge in [0.2, 0.25) is 0 Å². The number of likely N-dealkylation sites (N-methyl/N-ethyl adjacent to an activating group) is 1. The van der Waals surface area contributed by atoms with E-state index >= 15 is 0 Å². The van der Waals surface area contributed by atoms with Gasteiger partial charge in [0.05, 0.1) is 11.5 Å². The Bertz CT molecular complexity index is 438. The predicted octanol–water partition coefficient (Wildman–Crippen LogP) is 2.23. The van der Waals surface area contributed by atoms with E-state index < -0.39 is 0 Å². The second kappa shape index (κ2) is 8.50. The number of hydrogen-bond acceptors (Lipinski definition) is 5. The molecule has 6 heteroatoms. The van der Waals surface area contributed by atoms with Gasteiger partial charge >= 0.3 is 0 Å². The molecule has 0 aliphatic heterocycles. The first-order valence-corrected chi connectivity index (χ1v) is 6.96. The van der Waals surface area contributed by atoms with Gasteiger partial charge in [-0.3, -0.25) is 15.0 Å². The smallest absolute Gasteiger partial charge is 0.292 e. The highest BCUT2D eigenvalue weighted by Crippen LogP contribution is 2.26. The number of nitro groups is 1. The molecule has 1 aromatic carbocycles. The summed E-state index contributed by atoms with van der Waals surface area (Å²) in [6.07, 6.45) is 0.910. The Morgan fingerprint density at radius 2 is 2.15 bits per heavy atom. The summed E-state index contributed by atoms with van der Waals surface area (Å²) in [4.78, 5) is 12.7. The van der Waals surface area contributed by atoms with Crippen LogP contribution in [0.2, 0.25) is 0 Å². The van der Waals surface area contributed by atoms with Crippen molar-refractivity contribution in [2.75, 3.05) is 31.6 Å². The highest BCUT2D eigenvalue weighted by molar-refractivity contribution is 5.62. The van der Waals surface area contributed by atoms with Crippen LogP contribution in [-0.2, 0) is 6.54 Å². The minimum atomic E-state index is -0.368. The molecule has 0 aromatic heterocycles. The van der Waals surface area contributed by atoms with E-state index in [0.717, 1.165) is 18.5 Å². The summed E-state index contributed by atoms with van der Waals surface area (Å²) in [7, 11) is 0. The summed E-state index contributed by atoms with van der Waals surface area (Å²) >= 11 is 0. The molecule has 0 bridgehead atoms. The molecule has 0 saturated carbocycles. The quantitative estimate of drug-likeness (QED) is 0.536. The van der Waals surface area contributed by atoms with Gasteiger partial charge in [0, 0.05) is 25.7 Å². The van der Waals surface area contributed by atoms with Crippen LogP contribution in [-0.4, -0.2) is 41.2 Å². The number of aliphatic hydroxyl groups is 1. The first kappa shape index (κ1) is 16.4. The Hall–Kier alpha value is -1.66. The van der Waals surface area contributed by atoms with Gasteiger partial charge in [-0.05, 0) is 24.6 Å². The Morgan fingerprint density at radius 1 is 1.40 bits per heavy atom. The molecule has 0 aliphatic rings. The van der Waals surface area contributed by atoms with Crippen molar-refractivity contribution < 1.29 is 10.0 Å². The molecule has 0 fully saturated rings. The number of aliphatic hydroxyl groups excluding tert-OH is 1. The lowest BCUT2D eigenvalue weighted by atomic mass is 10.1. The van der Waals surface area contributed by atoms with Gasteiger partial charge in [-0.1, -0.05) is 19.9 Å². The molecule has 0 saturated heterocycles. The zero-order valence-corrected chi connectivity index (χ0v) is 12.1.